The normalized spacial score (nSPS) is 31.6. The Morgan fingerprint density at radius 2 is 1.04 bits per heavy atom. The number of hydrogen-bond acceptors (Lipinski definition) is 1. The molecular formula is C56H61N. The summed E-state index contributed by atoms with van der Waals surface area (Å²) in [6, 6.07) is 41.2. The zero-order valence-electron chi connectivity index (χ0n) is 35.7. The number of hydrogen-bond donors (Lipinski definition) is 0. The molecule has 4 fully saturated rings. The number of benzene rings is 5. The van der Waals surface area contributed by atoms with Gasteiger partial charge in [-0.15, -0.1) is 0 Å². The summed E-state index contributed by atoms with van der Waals surface area (Å²) in [6.07, 6.45) is 10.7. The van der Waals surface area contributed by atoms with Gasteiger partial charge >= 0.3 is 0 Å². The molecule has 0 N–H and O–H groups in total. The van der Waals surface area contributed by atoms with Crippen LogP contribution in [0, 0.1) is 29.1 Å². The van der Waals surface area contributed by atoms with Gasteiger partial charge in [-0.25, -0.2) is 0 Å². The van der Waals surface area contributed by atoms with E-state index >= 15 is 0 Å². The van der Waals surface area contributed by atoms with Crippen molar-refractivity contribution in [3.63, 3.8) is 0 Å². The van der Waals surface area contributed by atoms with Gasteiger partial charge in [-0.3, -0.25) is 0 Å². The molecule has 290 valence electrons. The fourth-order valence-electron chi connectivity index (χ4n) is 15.5. The molecule has 0 heterocycles. The highest BCUT2D eigenvalue weighted by Crippen LogP contribution is 2.89. The molecule has 12 rings (SSSR count). The van der Waals surface area contributed by atoms with Crippen LogP contribution in [0.25, 0.3) is 22.3 Å². The van der Waals surface area contributed by atoms with Gasteiger partial charge in [0.05, 0.1) is 11.4 Å². The third-order valence-corrected chi connectivity index (χ3v) is 18.2. The summed E-state index contributed by atoms with van der Waals surface area (Å²) in [7, 11) is 0. The molecule has 57 heavy (non-hydrogen) atoms. The molecule has 7 aliphatic carbocycles. The van der Waals surface area contributed by atoms with Crippen LogP contribution in [-0.2, 0) is 27.1 Å². The first-order chi connectivity index (χ1) is 27.2. The van der Waals surface area contributed by atoms with Gasteiger partial charge in [-0.05, 0) is 188 Å². The van der Waals surface area contributed by atoms with Gasteiger partial charge < -0.3 is 4.90 Å². The molecule has 0 saturated heterocycles. The lowest BCUT2D eigenvalue weighted by molar-refractivity contribution is -0.231. The third-order valence-electron chi connectivity index (χ3n) is 18.2. The number of fused-ring (bicyclic) bond motifs is 10. The molecule has 6 unspecified atom stereocenters. The van der Waals surface area contributed by atoms with Gasteiger partial charge in [0, 0.05) is 11.1 Å². The second-order valence-corrected chi connectivity index (χ2v) is 22.7. The minimum absolute atomic E-state index is 0.0596. The van der Waals surface area contributed by atoms with Crippen LogP contribution in [-0.4, -0.2) is 0 Å². The van der Waals surface area contributed by atoms with E-state index in [4.69, 9.17) is 0 Å². The molecule has 0 aliphatic heterocycles. The minimum atomic E-state index is 0.0596. The fourth-order valence-corrected chi connectivity index (χ4v) is 15.5. The van der Waals surface area contributed by atoms with Crippen LogP contribution >= 0.6 is 0 Å². The Labute approximate surface area is 342 Å². The van der Waals surface area contributed by atoms with Gasteiger partial charge in [-0.2, -0.15) is 0 Å². The highest BCUT2D eigenvalue weighted by molar-refractivity contribution is 5.91. The molecule has 2 bridgehead atoms. The highest BCUT2D eigenvalue weighted by Gasteiger charge is 2.84. The molecule has 5 aromatic carbocycles. The average Bonchev–Trinajstić information content (AvgIpc) is 3.82. The maximum absolute atomic E-state index is 2.76. The number of rotatable bonds is 4. The Hall–Kier alpha value is -4.10. The second-order valence-electron chi connectivity index (χ2n) is 22.7. The Morgan fingerprint density at radius 3 is 1.65 bits per heavy atom. The number of anilines is 3. The van der Waals surface area contributed by atoms with Crippen molar-refractivity contribution in [2.75, 3.05) is 4.90 Å². The fraction of sp³-hybridized carbons (Fsp3) is 0.464. The second kappa shape index (κ2) is 10.9. The monoisotopic (exact) mass is 747 g/mol. The first-order valence-corrected chi connectivity index (χ1v) is 22.6. The molecule has 0 radical (unpaired) electrons. The number of nitrogens with zero attached hydrogens (tertiary/aromatic N) is 1. The first-order valence-electron chi connectivity index (χ1n) is 22.6. The quantitative estimate of drug-likeness (QED) is 0.177. The van der Waals surface area contributed by atoms with Crippen LogP contribution in [0.5, 0.6) is 0 Å². The average molecular weight is 748 g/mol. The summed E-state index contributed by atoms with van der Waals surface area (Å²) in [5, 5.41) is 0. The Kier molecular flexibility index (Phi) is 6.69. The van der Waals surface area contributed by atoms with Gasteiger partial charge in [0.2, 0.25) is 0 Å². The Balaban J connectivity index is 1.13. The lowest BCUT2D eigenvalue weighted by atomic mass is 9.27. The van der Waals surface area contributed by atoms with Gasteiger partial charge in [-0.1, -0.05) is 128 Å². The van der Waals surface area contributed by atoms with Crippen molar-refractivity contribution in [1.82, 2.24) is 0 Å². The predicted octanol–water partition coefficient (Wildman–Crippen LogP) is 14.9. The molecule has 4 saturated carbocycles. The van der Waals surface area contributed by atoms with Gasteiger partial charge in [0.25, 0.3) is 0 Å². The molecular weight excluding hydrogens is 687 g/mol. The van der Waals surface area contributed by atoms with Crippen LogP contribution in [0.3, 0.4) is 0 Å². The van der Waals surface area contributed by atoms with Crippen LogP contribution in [0.1, 0.15) is 140 Å². The zero-order valence-corrected chi connectivity index (χ0v) is 35.7. The van der Waals surface area contributed by atoms with Crippen molar-refractivity contribution in [2.24, 2.45) is 29.1 Å². The van der Waals surface area contributed by atoms with Crippen LogP contribution < -0.4 is 4.90 Å². The lowest BCUT2D eigenvalue weighted by Gasteiger charge is -2.76. The molecule has 0 aromatic heterocycles. The third kappa shape index (κ3) is 4.22. The lowest BCUT2D eigenvalue weighted by Crippen LogP contribution is -2.73. The first kappa shape index (κ1) is 34.9. The summed E-state index contributed by atoms with van der Waals surface area (Å²) < 4.78 is 0. The molecule has 0 amide bonds. The Bertz CT molecular complexity index is 2450. The molecule has 2 spiro atoms. The van der Waals surface area contributed by atoms with Crippen molar-refractivity contribution in [2.45, 2.75) is 134 Å². The van der Waals surface area contributed by atoms with E-state index in [2.05, 4.69) is 163 Å². The molecule has 6 atom stereocenters. The summed E-state index contributed by atoms with van der Waals surface area (Å²) in [5.41, 5.74) is 20.3. The summed E-state index contributed by atoms with van der Waals surface area (Å²) in [6.45, 7) is 20.0. The SMILES string of the molecule is CC1(C)CCC(C)(C)c2c(N(c3ccc4c(c3)-c3cc(-c5ccccc5)ccc3C43C4CC5CC6CC3C64C5)c3cccc4c3C(C)(C)CCC4(C)C)cccc21. The van der Waals surface area contributed by atoms with E-state index in [9.17, 15) is 0 Å². The van der Waals surface area contributed by atoms with Crippen LogP contribution in [0.4, 0.5) is 17.1 Å². The highest BCUT2D eigenvalue weighted by atomic mass is 15.2. The molecule has 1 nitrogen and oxygen atoms in total. The largest absolute Gasteiger partial charge is 0.310 e. The summed E-state index contributed by atoms with van der Waals surface area (Å²) in [4.78, 5) is 2.76. The molecule has 5 aromatic rings. The zero-order chi connectivity index (χ0) is 39.1. The van der Waals surface area contributed by atoms with E-state index in [1.165, 1.54) is 102 Å². The van der Waals surface area contributed by atoms with E-state index in [-0.39, 0.29) is 27.1 Å². The maximum atomic E-state index is 2.76. The van der Waals surface area contributed by atoms with Crippen LogP contribution in [0.2, 0.25) is 0 Å². The summed E-state index contributed by atoms with van der Waals surface area (Å²) >= 11 is 0. The van der Waals surface area contributed by atoms with E-state index in [0.717, 1.165) is 23.7 Å². The predicted molar refractivity (Wildman–Crippen MR) is 238 cm³/mol. The van der Waals surface area contributed by atoms with E-state index in [1.807, 2.05) is 0 Å². The van der Waals surface area contributed by atoms with E-state index in [0.29, 0.717) is 5.41 Å². The molecule has 7 aliphatic rings. The standard InChI is InChI=1S/C56H61N/c1-51(2)24-26-53(5,6)49-43(51)16-12-18-45(49)57(46-19-13-17-44-50(46)54(7,8)27-25-52(44,3)4)38-21-23-42-40(32-38)39-30-36(35-14-10-9-11-15-35)20-22-41(39)56(42)47-29-34-28-37-31-48(56)55(37,47)33-34/h9-23,30,32,34,37,47-48H,24-29,31,33H2,1-8H3. The van der Waals surface area contributed by atoms with Crippen molar-refractivity contribution in [3.05, 3.63) is 137 Å². The Morgan fingerprint density at radius 1 is 0.474 bits per heavy atom. The van der Waals surface area contributed by atoms with Crippen molar-refractivity contribution < 1.29 is 0 Å². The van der Waals surface area contributed by atoms with Crippen molar-refractivity contribution in [1.29, 1.82) is 0 Å². The summed E-state index contributed by atoms with van der Waals surface area (Å²) in [5.74, 6) is 3.52. The molecule has 1 heteroatoms. The maximum Gasteiger partial charge on any atom is 0.0502 e. The topological polar surface area (TPSA) is 3.24 Å². The van der Waals surface area contributed by atoms with E-state index in [1.54, 1.807) is 22.3 Å². The minimum Gasteiger partial charge on any atom is -0.310 e. The van der Waals surface area contributed by atoms with Gasteiger partial charge in [0.1, 0.15) is 0 Å². The smallest absolute Gasteiger partial charge is 0.0502 e. The van der Waals surface area contributed by atoms with Crippen LogP contribution in [0.15, 0.2) is 103 Å². The van der Waals surface area contributed by atoms with Gasteiger partial charge in [0.15, 0.2) is 0 Å². The van der Waals surface area contributed by atoms with E-state index < -0.39 is 0 Å². The van der Waals surface area contributed by atoms with Crippen molar-refractivity contribution in [3.8, 4) is 22.3 Å². The van der Waals surface area contributed by atoms with Crippen molar-refractivity contribution >= 4 is 17.1 Å².